The van der Waals surface area contributed by atoms with Gasteiger partial charge in [-0.1, -0.05) is 0 Å². The molecule has 0 saturated carbocycles. The van der Waals surface area contributed by atoms with E-state index in [1.54, 1.807) is 0 Å². The van der Waals surface area contributed by atoms with Gasteiger partial charge in [0.2, 0.25) is 5.95 Å². The first-order valence-corrected chi connectivity index (χ1v) is 8.44. The van der Waals surface area contributed by atoms with E-state index in [0.29, 0.717) is 5.56 Å². The van der Waals surface area contributed by atoms with Gasteiger partial charge in [0.25, 0.3) is 0 Å². The maximum Gasteiger partial charge on any atom is 0.206 e. The van der Waals surface area contributed by atoms with Crippen molar-refractivity contribution in [2.75, 3.05) is 18.0 Å². The van der Waals surface area contributed by atoms with Crippen LogP contribution >= 0.6 is 31.9 Å². The number of aromatic nitrogens is 2. The van der Waals surface area contributed by atoms with E-state index in [-0.39, 0.29) is 6.04 Å². The fourth-order valence-corrected chi connectivity index (χ4v) is 3.62. The molecular formula is C14H15Br2N5. The molecule has 3 rings (SSSR count). The van der Waals surface area contributed by atoms with E-state index in [1.807, 2.05) is 6.07 Å². The number of anilines is 1. The Morgan fingerprint density at radius 3 is 2.86 bits per heavy atom. The van der Waals surface area contributed by atoms with Crippen molar-refractivity contribution < 1.29 is 0 Å². The largest absolute Gasteiger partial charge is 0.341 e. The summed E-state index contributed by atoms with van der Waals surface area (Å²) in [4.78, 5) is 6.94. The molecule has 110 valence electrons. The Balaban J connectivity index is 2.25. The molecule has 2 aromatic rings. The molecule has 2 heterocycles. The van der Waals surface area contributed by atoms with E-state index in [1.165, 1.54) is 0 Å². The summed E-state index contributed by atoms with van der Waals surface area (Å²) in [6, 6.07) is 4.46. The second-order valence-corrected chi connectivity index (χ2v) is 6.83. The third-order valence-corrected chi connectivity index (χ3v) is 5.83. The van der Waals surface area contributed by atoms with Crippen LogP contribution in [0.2, 0.25) is 0 Å². The minimum absolute atomic E-state index is 0.198. The molecule has 1 fully saturated rings. The van der Waals surface area contributed by atoms with Crippen molar-refractivity contribution in [3.8, 4) is 6.07 Å². The van der Waals surface area contributed by atoms with Crippen molar-refractivity contribution in [1.82, 2.24) is 9.55 Å². The molecule has 1 atom stereocenters. The lowest BCUT2D eigenvalue weighted by molar-refractivity contribution is 0.731. The van der Waals surface area contributed by atoms with Gasteiger partial charge < -0.3 is 15.2 Å². The van der Waals surface area contributed by atoms with Crippen molar-refractivity contribution >= 4 is 48.8 Å². The smallest absolute Gasteiger partial charge is 0.206 e. The highest BCUT2D eigenvalue weighted by molar-refractivity contribution is 9.13. The van der Waals surface area contributed by atoms with Crippen LogP contribution in [0.25, 0.3) is 11.0 Å². The summed E-state index contributed by atoms with van der Waals surface area (Å²) in [6.07, 6.45) is 0.978. The van der Waals surface area contributed by atoms with Crippen molar-refractivity contribution in [3.63, 3.8) is 0 Å². The second kappa shape index (κ2) is 5.59. The molecule has 7 heteroatoms. The number of aryl methyl sites for hydroxylation is 1. The number of benzene rings is 1. The fourth-order valence-electron chi connectivity index (χ4n) is 2.81. The van der Waals surface area contributed by atoms with Gasteiger partial charge in [0.05, 0.1) is 15.6 Å². The number of rotatable bonds is 2. The quantitative estimate of drug-likeness (QED) is 0.822. The number of fused-ring (bicyclic) bond motifs is 1. The zero-order valence-electron chi connectivity index (χ0n) is 11.6. The summed E-state index contributed by atoms with van der Waals surface area (Å²) in [5, 5.41) is 9.44. The van der Waals surface area contributed by atoms with E-state index in [9.17, 15) is 5.26 Å². The maximum atomic E-state index is 9.44. The first-order chi connectivity index (χ1) is 10.1. The SMILES string of the molecule is CCn1c(N2CCC(N)C2)nc2c(C#N)c(Br)c(Br)cc21. The lowest BCUT2D eigenvalue weighted by Gasteiger charge is -2.18. The standard InChI is InChI=1S/C14H15Br2N5/c1-2-21-11-5-10(15)12(16)9(6-17)13(11)19-14(21)20-4-3-8(18)7-20/h5,8H,2-4,7,18H2,1H3. The zero-order chi connectivity index (χ0) is 15.1. The van der Waals surface area contributed by atoms with Crippen molar-refractivity contribution in [2.24, 2.45) is 5.73 Å². The van der Waals surface area contributed by atoms with Crippen LogP contribution in [0.4, 0.5) is 5.95 Å². The van der Waals surface area contributed by atoms with Crippen molar-refractivity contribution in [2.45, 2.75) is 25.9 Å². The number of nitrogens with zero attached hydrogens (tertiary/aromatic N) is 4. The van der Waals surface area contributed by atoms with Gasteiger partial charge in [-0.3, -0.25) is 0 Å². The molecule has 0 amide bonds. The third kappa shape index (κ3) is 2.35. The van der Waals surface area contributed by atoms with Gasteiger partial charge in [-0.25, -0.2) is 4.98 Å². The minimum atomic E-state index is 0.198. The monoisotopic (exact) mass is 411 g/mol. The Labute approximate surface area is 140 Å². The molecule has 0 radical (unpaired) electrons. The molecule has 0 spiro atoms. The van der Waals surface area contributed by atoms with Crippen LogP contribution in [0.5, 0.6) is 0 Å². The third-order valence-electron chi connectivity index (χ3n) is 3.85. The molecule has 1 aliphatic heterocycles. The van der Waals surface area contributed by atoms with Crippen LogP contribution in [0.1, 0.15) is 18.9 Å². The van der Waals surface area contributed by atoms with Gasteiger partial charge in [-0.2, -0.15) is 5.26 Å². The zero-order valence-corrected chi connectivity index (χ0v) is 14.8. The van der Waals surface area contributed by atoms with Crippen LogP contribution in [-0.4, -0.2) is 28.7 Å². The number of imidazole rings is 1. The first kappa shape index (κ1) is 14.8. The van der Waals surface area contributed by atoms with Gasteiger partial charge in [-0.15, -0.1) is 0 Å². The van der Waals surface area contributed by atoms with Crippen molar-refractivity contribution in [1.29, 1.82) is 5.26 Å². The Morgan fingerprint density at radius 1 is 1.52 bits per heavy atom. The van der Waals surface area contributed by atoms with E-state index in [4.69, 9.17) is 10.7 Å². The van der Waals surface area contributed by atoms with Gasteiger partial charge in [-0.05, 0) is 51.3 Å². The van der Waals surface area contributed by atoms with Gasteiger partial charge in [0.1, 0.15) is 11.6 Å². The molecule has 0 aliphatic carbocycles. The summed E-state index contributed by atoms with van der Waals surface area (Å²) >= 11 is 6.96. The highest BCUT2D eigenvalue weighted by atomic mass is 79.9. The van der Waals surface area contributed by atoms with Gasteiger partial charge in [0, 0.05) is 30.1 Å². The van der Waals surface area contributed by atoms with Crippen LogP contribution in [0.3, 0.4) is 0 Å². The second-order valence-electron chi connectivity index (χ2n) is 5.18. The molecular weight excluding hydrogens is 398 g/mol. The van der Waals surface area contributed by atoms with Gasteiger partial charge >= 0.3 is 0 Å². The summed E-state index contributed by atoms with van der Waals surface area (Å²) < 4.78 is 3.76. The molecule has 1 unspecified atom stereocenters. The van der Waals surface area contributed by atoms with Crippen LogP contribution in [-0.2, 0) is 6.54 Å². The normalized spacial score (nSPS) is 18.4. The predicted octanol–water partition coefficient (Wildman–Crippen LogP) is 2.99. The molecule has 0 bridgehead atoms. The summed E-state index contributed by atoms with van der Waals surface area (Å²) in [5.74, 6) is 0.905. The van der Waals surface area contributed by atoms with Gasteiger partial charge in [0.15, 0.2) is 0 Å². The van der Waals surface area contributed by atoms with Crippen molar-refractivity contribution in [3.05, 3.63) is 20.6 Å². The number of hydrogen-bond acceptors (Lipinski definition) is 4. The van der Waals surface area contributed by atoms with Crippen LogP contribution in [0, 0.1) is 11.3 Å². The molecule has 2 N–H and O–H groups in total. The lowest BCUT2D eigenvalue weighted by Crippen LogP contribution is -2.28. The number of nitriles is 1. The Morgan fingerprint density at radius 2 is 2.29 bits per heavy atom. The molecule has 1 aromatic carbocycles. The van der Waals surface area contributed by atoms with E-state index in [2.05, 4.69) is 54.3 Å². The summed E-state index contributed by atoms with van der Waals surface area (Å²) in [5.41, 5.74) is 8.29. The van der Waals surface area contributed by atoms with E-state index >= 15 is 0 Å². The molecule has 1 aromatic heterocycles. The minimum Gasteiger partial charge on any atom is -0.341 e. The molecule has 1 saturated heterocycles. The maximum absolute atomic E-state index is 9.44. The van der Waals surface area contributed by atoms with E-state index < -0.39 is 0 Å². The lowest BCUT2D eigenvalue weighted by atomic mass is 10.2. The number of nitrogens with two attached hydrogens (primary N) is 1. The topological polar surface area (TPSA) is 70.9 Å². The highest BCUT2D eigenvalue weighted by Crippen LogP contribution is 2.35. The summed E-state index contributed by atoms with van der Waals surface area (Å²) in [6.45, 7) is 4.61. The average Bonchev–Trinajstić information content (AvgIpc) is 3.03. The first-order valence-electron chi connectivity index (χ1n) is 6.85. The highest BCUT2D eigenvalue weighted by Gasteiger charge is 2.25. The number of halogens is 2. The Bertz CT molecular complexity index is 746. The molecule has 5 nitrogen and oxygen atoms in total. The number of hydrogen-bond donors (Lipinski definition) is 1. The van der Waals surface area contributed by atoms with E-state index in [0.717, 1.165) is 52.0 Å². The Hall–Kier alpha value is -1.10. The molecule has 1 aliphatic rings. The fraction of sp³-hybridized carbons (Fsp3) is 0.429. The summed E-state index contributed by atoms with van der Waals surface area (Å²) in [7, 11) is 0. The average molecular weight is 413 g/mol. The molecule has 21 heavy (non-hydrogen) atoms. The van der Waals surface area contributed by atoms with Crippen LogP contribution in [0.15, 0.2) is 15.0 Å². The van der Waals surface area contributed by atoms with Crippen LogP contribution < -0.4 is 10.6 Å². The predicted molar refractivity (Wildman–Crippen MR) is 90.3 cm³/mol. The Kier molecular flexibility index (Phi) is 3.95.